The molecule has 0 radical (unpaired) electrons. The van der Waals surface area contributed by atoms with E-state index in [-0.39, 0.29) is 42.0 Å². The highest BCUT2D eigenvalue weighted by Crippen LogP contribution is 2.15. The maximum atomic E-state index is 13.6. The summed E-state index contributed by atoms with van der Waals surface area (Å²) in [7, 11) is -3.62. The molecular formula is C18H27FIN5O2S2. The number of aryl methyl sites for hydroxylation is 2. The van der Waals surface area contributed by atoms with Crippen LogP contribution in [0.15, 0.2) is 28.6 Å². The molecule has 1 heterocycles. The second kappa shape index (κ2) is 12.3. The number of guanidine groups is 1. The monoisotopic (exact) mass is 555 g/mol. The number of rotatable bonds is 9. The number of thiazole rings is 1. The standard InChI is InChI=1S/C18H26FN5O2S2.HI/c1-4-20-18(21-8-7-16-12-27-14(3)23-16)22-9-10-28(25,26)24-15-6-5-13(2)17(19)11-15;/h5-6,11-12,24H,4,7-10H2,1-3H3,(H2,20,21,22);1H. The number of hydrogen-bond donors (Lipinski definition) is 3. The smallest absolute Gasteiger partial charge is 0.234 e. The number of hydrogen-bond acceptors (Lipinski definition) is 5. The van der Waals surface area contributed by atoms with Crippen molar-refractivity contribution < 1.29 is 12.8 Å². The zero-order chi connectivity index (χ0) is 20.6. The summed E-state index contributed by atoms with van der Waals surface area (Å²) in [4.78, 5) is 8.70. The van der Waals surface area contributed by atoms with E-state index < -0.39 is 15.8 Å². The van der Waals surface area contributed by atoms with Crippen LogP contribution in [0.3, 0.4) is 0 Å². The summed E-state index contributed by atoms with van der Waals surface area (Å²) in [5.74, 6) is -0.108. The van der Waals surface area contributed by atoms with Gasteiger partial charge in [-0.25, -0.2) is 17.8 Å². The van der Waals surface area contributed by atoms with Gasteiger partial charge in [-0.1, -0.05) is 6.07 Å². The van der Waals surface area contributed by atoms with E-state index in [1.165, 1.54) is 18.2 Å². The molecule has 7 nitrogen and oxygen atoms in total. The lowest BCUT2D eigenvalue weighted by Gasteiger charge is -2.11. The van der Waals surface area contributed by atoms with Crippen molar-refractivity contribution in [1.82, 2.24) is 15.6 Å². The van der Waals surface area contributed by atoms with Gasteiger partial charge in [-0.05, 0) is 38.5 Å². The lowest BCUT2D eigenvalue weighted by molar-refractivity contribution is 0.600. The van der Waals surface area contributed by atoms with Crippen LogP contribution in [0.5, 0.6) is 0 Å². The van der Waals surface area contributed by atoms with Gasteiger partial charge in [0.2, 0.25) is 10.0 Å². The van der Waals surface area contributed by atoms with Crippen LogP contribution in [0.4, 0.5) is 10.1 Å². The second-order valence-electron chi connectivity index (χ2n) is 6.18. The Morgan fingerprint density at radius 1 is 1.28 bits per heavy atom. The van der Waals surface area contributed by atoms with Crippen molar-refractivity contribution in [3.63, 3.8) is 0 Å². The fourth-order valence-corrected chi connectivity index (χ4v) is 3.91. The van der Waals surface area contributed by atoms with E-state index in [9.17, 15) is 12.8 Å². The third-order valence-electron chi connectivity index (χ3n) is 3.76. The van der Waals surface area contributed by atoms with Crippen molar-refractivity contribution in [3.05, 3.63) is 45.7 Å². The number of sulfonamides is 1. The van der Waals surface area contributed by atoms with Crippen LogP contribution < -0.4 is 15.4 Å². The first-order valence-electron chi connectivity index (χ1n) is 8.99. The molecule has 0 bridgehead atoms. The molecule has 0 atom stereocenters. The summed E-state index contributed by atoms with van der Waals surface area (Å²) >= 11 is 1.61. The Labute approximate surface area is 192 Å². The van der Waals surface area contributed by atoms with Gasteiger partial charge in [0.15, 0.2) is 5.96 Å². The lowest BCUT2D eigenvalue weighted by Crippen LogP contribution is -2.38. The zero-order valence-corrected chi connectivity index (χ0v) is 20.6. The van der Waals surface area contributed by atoms with Gasteiger partial charge in [0.05, 0.1) is 28.7 Å². The molecule has 11 heteroatoms. The minimum absolute atomic E-state index is 0. The first-order chi connectivity index (χ1) is 13.3. The third-order valence-corrected chi connectivity index (χ3v) is 5.85. The van der Waals surface area contributed by atoms with Crippen LogP contribution in [0.2, 0.25) is 0 Å². The van der Waals surface area contributed by atoms with Crippen molar-refractivity contribution in [2.45, 2.75) is 27.2 Å². The lowest BCUT2D eigenvalue weighted by atomic mass is 10.2. The Balaban J connectivity index is 0.00000420. The Bertz CT molecular complexity index is 919. The molecule has 1 aromatic heterocycles. The van der Waals surface area contributed by atoms with E-state index in [0.29, 0.717) is 24.6 Å². The number of nitrogens with zero attached hydrogens (tertiary/aromatic N) is 2. The Kier molecular flexibility index (Phi) is 10.8. The second-order valence-corrected chi connectivity index (χ2v) is 9.08. The minimum atomic E-state index is -3.62. The molecule has 2 rings (SSSR count). The number of nitrogens with one attached hydrogen (secondary N) is 3. The molecule has 0 saturated carbocycles. The van der Waals surface area contributed by atoms with Gasteiger partial charge < -0.3 is 10.6 Å². The minimum Gasteiger partial charge on any atom is -0.357 e. The SMILES string of the molecule is CCNC(=NCCS(=O)(=O)Nc1ccc(C)c(F)c1)NCCc1csc(C)n1.I. The molecule has 0 spiro atoms. The number of benzene rings is 1. The first kappa shape index (κ1) is 25.6. The maximum absolute atomic E-state index is 13.6. The van der Waals surface area contributed by atoms with E-state index in [0.717, 1.165) is 17.1 Å². The summed E-state index contributed by atoms with van der Waals surface area (Å²) in [6.45, 7) is 6.90. The fraction of sp³-hybridized carbons (Fsp3) is 0.444. The Morgan fingerprint density at radius 3 is 2.66 bits per heavy atom. The molecule has 2 aromatic rings. The molecule has 0 aliphatic heterocycles. The normalized spacial score (nSPS) is 11.7. The molecule has 29 heavy (non-hydrogen) atoms. The number of anilines is 1. The van der Waals surface area contributed by atoms with E-state index >= 15 is 0 Å². The first-order valence-corrected chi connectivity index (χ1v) is 11.5. The van der Waals surface area contributed by atoms with Gasteiger partial charge >= 0.3 is 0 Å². The van der Waals surface area contributed by atoms with Crippen molar-refractivity contribution in [2.75, 3.05) is 30.1 Å². The maximum Gasteiger partial charge on any atom is 0.234 e. The van der Waals surface area contributed by atoms with Crippen molar-refractivity contribution >= 4 is 57.0 Å². The number of halogens is 2. The molecule has 0 unspecified atom stereocenters. The summed E-state index contributed by atoms with van der Waals surface area (Å²) in [6.07, 6.45) is 0.758. The molecule has 0 aliphatic carbocycles. The quantitative estimate of drug-likeness (QED) is 0.251. The average Bonchev–Trinajstić information content (AvgIpc) is 3.03. The third kappa shape index (κ3) is 9.26. The van der Waals surface area contributed by atoms with E-state index in [1.54, 1.807) is 18.3 Å². The molecule has 1 aromatic carbocycles. The van der Waals surface area contributed by atoms with Gasteiger partial charge in [-0.15, -0.1) is 35.3 Å². The van der Waals surface area contributed by atoms with Crippen LogP contribution in [-0.2, 0) is 16.4 Å². The highest BCUT2D eigenvalue weighted by atomic mass is 127. The zero-order valence-electron chi connectivity index (χ0n) is 16.7. The fourth-order valence-electron chi connectivity index (χ4n) is 2.34. The van der Waals surface area contributed by atoms with Gasteiger partial charge in [0.1, 0.15) is 5.82 Å². The van der Waals surface area contributed by atoms with Gasteiger partial charge in [0, 0.05) is 24.9 Å². The summed E-state index contributed by atoms with van der Waals surface area (Å²) < 4.78 is 40.3. The van der Waals surface area contributed by atoms with Crippen molar-refractivity contribution in [3.8, 4) is 0 Å². The Hall–Kier alpha value is -1.47. The highest BCUT2D eigenvalue weighted by Gasteiger charge is 2.11. The molecule has 0 fully saturated rings. The number of aliphatic imine (C=N–C) groups is 1. The largest absolute Gasteiger partial charge is 0.357 e. The van der Waals surface area contributed by atoms with Gasteiger partial charge in [-0.3, -0.25) is 9.71 Å². The average molecular weight is 555 g/mol. The highest BCUT2D eigenvalue weighted by molar-refractivity contribution is 14.0. The molecular weight excluding hydrogens is 528 g/mol. The summed E-state index contributed by atoms with van der Waals surface area (Å²) in [5, 5.41) is 9.30. The van der Waals surface area contributed by atoms with Crippen molar-refractivity contribution in [2.24, 2.45) is 4.99 Å². The van der Waals surface area contributed by atoms with Crippen molar-refractivity contribution in [1.29, 1.82) is 0 Å². The molecule has 0 amide bonds. The van der Waals surface area contributed by atoms with E-state index in [4.69, 9.17) is 0 Å². The summed E-state index contributed by atoms with van der Waals surface area (Å²) in [5.41, 5.74) is 1.68. The molecule has 162 valence electrons. The Morgan fingerprint density at radius 2 is 2.03 bits per heavy atom. The predicted octanol–water partition coefficient (Wildman–Crippen LogP) is 3.06. The molecule has 0 aliphatic rings. The van der Waals surface area contributed by atoms with Gasteiger partial charge in [-0.2, -0.15) is 0 Å². The van der Waals surface area contributed by atoms with Crippen LogP contribution in [0.25, 0.3) is 0 Å². The van der Waals surface area contributed by atoms with E-state index in [1.807, 2.05) is 19.2 Å². The summed E-state index contributed by atoms with van der Waals surface area (Å²) in [6, 6.07) is 4.23. The predicted molar refractivity (Wildman–Crippen MR) is 128 cm³/mol. The van der Waals surface area contributed by atoms with Crippen LogP contribution in [0, 0.1) is 19.7 Å². The molecule has 3 N–H and O–H groups in total. The van der Waals surface area contributed by atoms with E-state index in [2.05, 4.69) is 25.3 Å². The topological polar surface area (TPSA) is 95.5 Å². The van der Waals surface area contributed by atoms with Crippen LogP contribution >= 0.6 is 35.3 Å². The molecule has 0 saturated heterocycles. The number of aromatic nitrogens is 1. The van der Waals surface area contributed by atoms with Gasteiger partial charge in [0.25, 0.3) is 0 Å². The van der Waals surface area contributed by atoms with Crippen LogP contribution in [-0.4, -0.2) is 44.7 Å². The van der Waals surface area contributed by atoms with Crippen LogP contribution in [0.1, 0.15) is 23.2 Å².